The molecule has 1 aliphatic carbocycles. The molecule has 0 aromatic heterocycles. The zero-order valence-electron chi connectivity index (χ0n) is 16.6. The smallest absolute Gasteiger partial charge is 0.256 e. The van der Waals surface area contributed by atoms with Gasteiger partial charge in [0.25, 0.3) is 5.91 Å². The van der Waals surface area contributed by atoms with Crippen molar-refractivity contribution < 1.29 is 14.4 Å². The largest absolute Gasteiger partial charge is 0.354 e. The molecule has 3 amide bonds. The van der Waals surface area contributed by atoms with Gasteiger partial charge in [0.1, 0.15) is 6.04 Å². The average molecular weight is 426 g/mol. The van der Waals surface area contributed by atoms with Gasteiger partial charge in [-0.2, -0.15) is 0 Å². The van der Waals surface area contributed by atoms with Crippen LogP contribution in [0.25, 0.3) is 0 Å². The highest BCUT2D eigenvalue weighted by Gasteiger charge is 2.35. The van der Waals surface area contributed by atoms with Crippen molar-refractivity contribution in [2.75, 3.05) is 13.1 Å². The van der Waals surface area contributed by atoms with Gasteiger partial charge in [0.05, 0.1) is 10.6 Å². The minimum absolute atomic E-state index is 0.0476. The summed E-state index contributed by atoms with van der Waals surface area (Å²) in [7, 11) is 0. The first-order valence-corrected chi connectivity index (χ1v) is 10.6. The van der Waals surface area contributed by atoms with E-state index in [1.54, 1.807) is 29.2 Å². The monoisotopic (exact) mass is 425 g/mol. The molecule has 0 bridgehead atoms. The lowest BCUT2D eigenvalue weighted by molar-refractivity contribution is -0.126. The molecule has 2 aliphatic rings. The number of carbonyl (C=O) groups excluding carboxylic acids is 3. The third kappa shape index (κ3) is 4.49. The maximum absolute atomic E-state index is 13.3. The number of hydrogen-bond donors (Lipinski definition) is 2. The van der Waals surface area contributed by atoms with Gasteiger partial charge in [-0.25, -0.2) is 0 Å². The summed E-state index contributed by atoms with van der Waals surface area (Å²) in [6.07, 6.45) is 2.32. The minimum Gasteiger partial charge on any atom is -0.354 e. The lowest BCUT2D eigenvalue weighted by atomic mass is 9.92. The second-order valence-electron chi connectivity index (χ2n) is 7.76. The zero-order valence-corrected chi connectivity index (χ0v) is 17.3. The van der Waals surface area contributed by atoms with Crippen LogP contribution in [-0.4, -0.2) is 41.8 Å². The van der Waals surface area contributed by atoms with E-state index >= 15 is 0 Å². The number of carbonyl (C=O) groups is 3. The molecule has 0 spiro atoms. The Bertz CT molecular complexity index is 974. The summed E-state index contributed by atoms with van der Waals surface area (Å²) in [5.74, 6) is -0.312. The van der Waals surface area contributed by atoms with E-state index in [9.17, 15) is 14.4 Å². The number of rotatable bonds is 6. The fraction of sp³-hybridized carbons (Fsp3) is 0.348. The quantitative estimate of drug-likeness (QED) is 0.698. The summed E-state index contributed by atoms with van der Waals surface area (Å²) in [5.41, 5.74) is 2.47. The predicted octanol–water partition coefficient (Wildman–Crippen LogP) is 2.55. The molecule has 4 rings (SSSR count). The maximum Gasteiger partial charge on any atom is 0.256 e. The lowest BCUT2D eigenvalue weighted by Crippen LogP contribution is -2.53. The van der Waals surface area contributed by atoms with E-state index in [0.29, 0.717) is 36.6 Å². The molecule has 1 heterocycles. The van der Waals surface area contributed by atoms with Crippen LogP contribution >= 0.6 is 11.6 Å². The van der Waals surface area contributed by atoms with Gasteiger partial charge < -0.3 is 15.5 Å². The second-order valence-corrected chi connectivity index (χ2v) is 8.17. The Kier molecular flexibility index (Phi) is 6.04. The molecule has 1 atom stereocenters. The maximum atomic E-state index is 13.3. The zero-order chi connectivity index (χ0) is 21.1. The van der Waals surface area contributed by atoms with E-state index in [0.717, 1.165) is 24.0 Å². The number of fused-ring (bicyclic) bond motifs is 1. The van der Waals surface area contributed by atoms with Crippen molar-refractivity contribution in [3.63, 3.8) is 0 Å². The highest BCUT2D eigenvalue weighted by molar-refractivity contribution is 6.33. The van der Waals surface area contributed by atoms with Gasteiger partial charge >= 0.3 is 0 Å². The number of nitrogens with one attached hydrogen (secondary N) is 2. The van der Waals surface area contributed by atoms with Crippen molar-refractivity contribution in [1.29, 1.82) is 0 Å². The van der Waals surface area contributed by atoms with Crippen LogP contribution in [0.4, 0.5) is 0 Å². The second kappa shape index (κ2) is 8.88. The standard InChI is InChI=1S/C23H24ClN3O3/c24-19-8-4-3-7-18(19)23(30)27-14-17-6-2-1-5-16(17)13-20(27)22(29)26-12-11-25-21(28)15-9-10-15/h1-8,15,20H,9-14H2,(H,25,28)(H,26,29). The number of amides is 3. The fourth-order valence-electron chi connectivity index (χ4n) is 3.74. The van der Waals surface area contributed by atoms with Crippen LogP contribution in [0.2, 0.25) is 5.02 Å². The van der Waals surface area contributed by atoms with Gasteiger partial charge in [-0.15, -0.1) is 0 Å². The van der Waals surface area contributed by atoms with Crippen molar-refractivity contribution in [2.45, 2.75) is 31.8 Å². The molecule has 2 aromatic carbocycles. The molecule has 1 unspecified atom stereocenters. The summed E-state index contributed by atoms with van der Waals surface area (Å²) in [4.78, 5) is 39.5. The third-order valence-electron chi connectivity index (χ3n) is 5.59. The Morgan fingerprint density at radius 1 is 0.900 bits per heavy atom. The first kappa shape index (κ1) is 20.4. The lowest BCUT2D eigenvalue weighted by Gasteiger charge is -2.36. The van der Waals surface area contributed by atoms with Crippen LogP contribution in [0.5, 0.6) is 0 Å². The van der Waals surface area contributed by atoms with Crippen LogP contribution in [0.1, 0.15) is 34.3 Å². The van der Waals surface area contributed by atoms with Crippen LogP contribution in [0, 0.1) is 5.92 Å². The number of halogens is 1. The molecule has 7 heteroatoms. The topological polar surface area (TPSA) is 78.5 Å². The summed E-state index contributed by atoms with van der Waals surface area (Å²) in [5, 5.41) is 6.07. The summed E-state index contributed by atoms with van der Waals surface area (Å²) < 4.78 is 0. The molecule has 1 saturated carbocycles. The number of benzene rings is 2. The van der Waals surface area contributed by atoms with Crippen molar-refractivity contribution in [3.05, 3.63) is 70.2 Å². The number of nitrogens with zero attached hydrogens (tertiary/aromatic N) is 1. The number of hydrogen-bond acceptors (Lipinski definition) is 3. The van der Waals surface area contributed by atoms with E-state index in [2.05, 4.69) is 10.6 Å². The molecule has 156 valence electrons. The SMILES string of the molecule is O=C(NCCNC(=O)C1Cc2ccccc2CN1C(=O)c1ccccc1Cl)C1CC1. The highest BCUT2D eigenvalue weighted by atomic mass is 35.5. The molecule has 30 heavy (non-hydrogen) atoms. The Morgan fingerprint density at radius 3 is 2.23 bits per heavy atom. The van der Waals surface area contributed by atoms with Crippen LogP contribution < -0.4 is 10.6 Å². The molecular weight excluding hydrogens is 402 g/mol. The third-order valence-corrected chi connectivity index (χ3v) is 5.92. The minimum atomic E-state index is -0.636. The van der Waals surface area contributed by atoms with E-state index in [-0.39, 0.29) is 23.6 Å². The predicted molar refractivity (Wildman–Crippen MR) is 114 cm³/mol. The normalized spacial score (nSPS) is 17.8. The first-order chi connectivity index (χ1) is 14.5. The molecule has 6 nitrogen and oxygen atoms in total. The van der Waals surface area contributed by atoms with Gasteiger partial charge in [-0.3, -0.25) is 14.4 Å². The Labute approximate surface area is 180 Å². The van der Waals surface area contributed by atoms with Crippen molar-refractivity contribution in [3.8, 4) is 0 Å². The van der Waals surface area contributed by atoms with Gasteiger partial charge in [0, 0.05) is 32.0 Å². The van der Waals surface area contributed by atoms with Crippen LogP contribution in [0.3, 0.4) is 0 Å². The Balaban J connectivity index is 1.47. The molecule has 1 aliphatic heterocycles. The van der Waals surface area contributed by atoms with Crippen molar-refractivity contribution >= 4 is 29.3 Å². The van der Waals surface area contributed by atoms with Crippen molar-refractivity contribution in [1.82, 2.24) is 15.5 Å². The molecule has 0 saturated heterocycles. The van der Waals surface area contributed by atoms with E-state index in [1.165, 1.54) is 0 Å². The molecule has 2 N–H and O–H groups in total. The van der Waals surface area contributed by atoms with E-state index in [1.807, 2.05) is 24.3 Å². The molecule has 0 radical (unpaired) electrons. The summed E-state index contributed by atoms with van der Waals surface area (Å²) in [6.45, 7) is 1.04. The van der Waals surface area contributed by atoms with Crippen LogP contribution in [0.15, 0.2) is 48.5 Å². The molecular formula is C23H24ClN3O3. The molecule has 1 fully saturated rings. The summed E-state index contributed by atoms with van der Waals surface area (Å²) >= 11 is 6.24. The van der Waals surface area contributed by atoms with Gasteiger partial charge in [0.2, 0.25) is 11.8 Å². The van der Waals surface area contributed by atoms with Crippen LogP contribution in [-0.2, 0) is 22.6 Å². The van der Waals surface area contributed by atoms with Gasteiger partial charge in [0.15, 0.2) is 0 Å². The van der Waals surface area contributed by atoms with Crippen molar-refractivity contribution in [2.24, 2.45) is 5.92 Å². The fourth-order valence-corrected chi connectivity index (χ4v) is 3.96. The summed E-state index contributed by atoms with van der Waals surface area (Å²) in [6, 6.07) is 14.1. The van der Waals surface area contributed by atoms with E-state index in [4.69, 9.17) is 11.6 Å². The Morgan fingerprint density at radius 2 is 1.53 bits per heavy atom. The first-order valence-electron chi connectivity index (χ1n) is 10.2. The average Bonchev–Trinajstić information content (AvgIpc) is 3.61. The highest BCUT2D eigenvalue weighted by Crippen LogP contribution is 2.29. The van der Waals surface area contributed by atoms with Gasteiger partial charge in [-0.05, 0) is 36.1 Å². The van der Waals surface area contributed by atoms with Gasteiger partial charge in [-0.1, -0.05) is 48.0 Å². The molecule has 2 aromatic rings. The Hall–Kier alpha value is -2.86. The van der Waals surface area contributed by atoms with E-state index < -0.39 is 6.04 Å².